The van der Waals surface area contributed by atoms with Crippen molar-refractivity contribution >= 4 is 29.0 Å². The Balaban J connectivity index is 1.65. The number of ether oxygens (including phenoxy) is 1. The average molecular weight is 490 g/mol. The maximum Gasteiger partial charge on any atom is 0.255 e. The number of pyridine rings is 1. The molecule has 10 nitrogen and oxygen atoms in total. The molecule has 2 atom stereocenters. The van der Waals surface area contributed by atoms with Gasteiger partial charge in [0.25, 0.3) is 5.91 Å². The lowest BCUT2D eigenvalue weighted by molar-refractivity contribution is -0.122. The highest BCUT2D eigenvalue weighted by Gasteiger charge is 2.23. The molecule has 3 heterocycles. The Morgan fingerprint density at radius 2 is 2.08 bits per heavy atom. The number of amides is 2. The van der Waals surface area contributed by atoms with E-state index in [0.29, 0.717) is 17.8 Å². The van der Waals surface area contributed by atoms with E-state index in [1.54, 1.807) is 19.1 Å². The van der Waals surface area contributed by atoms with Crippen LogP contribution in [0.4, 0.5) is 11.5 Å². The van der Waals surface area contributed by atoms with Gasteiger partial charge in [-0.3, -0.25) is 14.0 Å². The zero-order valence-corrected chi connectivity index (χ0v) is 20.5. The Morgan fingerprint density at radius 3 is 2.78 bits per heavy atom. The number of hydrogen-bond acceptors (Lipinski definition) is 7. The number of nitriles is 1. The highest BCUT2D eigenvalue weighted by molar-refractivity contribution is 6.02. The van der Waals surface area contributed by atoms with E-state index < -0.39 is 11.9 Å². The van der Waals surface area contributed by atoms with Gasteiger partial charge in [0.2, 0.25) is 5.91 Å². The van der Waals surface area contributed by atoms with Crippen molar-refractivity contribution in [3.05, 3.63) is 48.2 Å². The van der Waals surface area contributed by atoms with Crippen LogP contribution in [-0.4, -0.2) is 60.1 Å². The van der Waals surface area contributed by atoms with Gasteiger partial charge in [0.05, 0.1) is 24.2 Å². The quantitative estimate of drug-likeness (QED) is 0.322. The van der Waals surface area contributed by atoms with Crippen LogP contribution in [0, 0.1) is 11.3 Å². The van der Waals surface area contributed by atoms with Gasteiger partial charge in [-0.15, -0.1) is 0 Å². The van der Waals surface area contributed by atoms with E-state index in [9.17, 15) is 9.59 Å². The summed E-state index contributed by atoms with van der Waals surface area (Å²) in [6.45, 7) is 3.24. The van der Waals surface area contributed by atoms with Crippen LogP contribution in [0.3, 0.4) is 0 Å². The third kappa shape index (κ3) is 5.58. The predicted molar refractivity (Wildman–Crippen MR) is 138 cm³/mol. The molecule has 1 aromatic carbocycles. The summed E-state index contributed by atoms with van der Waals surface area (Å²) < 4.78 is 7.65. The number of hydrogen-bond donors (Lipinski definition) is 4. The Kier molecular flexibility index (Phi) is 8.02. The highest BCUT2D eigenvalue weighted by Crippen LogP contribution is 2.31. The predicted octanol–water partition coefficient (Wildman–Crippen LogP) is 2.78. The van der Waals surface area contributed by atoms with Crippen LogP contribution in [0.25, 0.3) is 16.9 Å². The number of aromatic nitrogens is 2. The molecule has 2 aromatic heterocycles. The third-order valence-electron chi connectivity index (χ3n) is 6.14. The topological polar surface area (TPSA) is 133 Å². The molecule has 0 bridgehead atoms. The van der Waals surface area contributed by atoms with E-state index in [-0.39, 0.29) is 25.0 Å². The van der Waals surface area contributed by atoms with Gasteiger partial charge in [0, 0.05) is 44.2 Å². The minimum absolute atomic E-state index is 0.127. The number of carbonyl (C=O) groups excluding carboxylic acids is 2. The summed E-state index contributed by atoms with van der Waals surface area (Å²) in [4.78, 5) is 30.3. The number of nitrogens with one attached hydrogen (secondary N) is 4. The smallest absolute Gasteiger partial charge is 0.255 e. The maximum atomic E-state index is 13.2. The van der Waals surface area contributed by atoms with Crippen LogP contribution in [0.5, 0.6) is 0 Å². The molecule has 4 N–H and O–H groups in total. The molecular formula is C26H31N7O3. The molecule has 1 aliphatic heterocycles. The first-order chi connectivity index (χ1) is 17.5. The Bertz CT molecular complexity index is 1260. The number of carbonyl (C=O) groups is 2. The minimum atomic E-state index is -0.767. The molecule has 1 saturated heterocycles. The molecule has 0 spiro atoms. The van der Waals surface area contributed by atoms with E-state index in [1.807, 2.05) is 48.0 Å². The average Bonchev–Trinajstić information content (AvgIpc) is 3.55. The summed E-state index contributed by atoms with van der Waals surface area (Å²) in [6, 6.07) is 12.6. The molecule has 0 saturated carbocycles. The fraction of sp³-hybridized carbons (Fsp3) is 0.385. The number of rotatable bonds is 10. The molecule has 188 valence electrons. The molecule has 2 unspecified atom stereocenters. The zero-order valence-electron chi connectivity index (χ0n) is 20.5. The molecule has 1 fully saturated rings. The second-order valence-corrected chi connectivity index (χ2v) is 8.66. The van der Waals surface area contributed by atoms with Gasteiger partial charge >= 0.3 is 0 Å². The number of imidazole rings is 1. The van der Waals surface area contributed by atoms with E-state index >= 15 is 0 Å². The van der Waals surface area contributed by atoms with Crippen molar-refractivity contribution in [2.75, 3.05) is 37.4 Å². The van der Waals surface area contributed by atoms with Crippen LogP contribution in [0.2, 0.25) is 0 Å². The Hall–Kier alpha value is -4.10. The van der Waals surface area contributed by atoms with Crippen LogP contribution in [-0.2, 0) is 9.53 Å². The van der Waals surface area contributed by atoms with Gasteiger partial charge in [-0.05, 0) is 44.0 Å². The normalized spacial score (nSPS) is 15.8. The monoisotopic (exact) mass is 489 g/mol. The number of fused-ring (bicyclic) bond motifs is 1. The SMILES string of the molecule is CNc1ccc(-c2nc3c(C(=O)NC(C)C(=O)NCCC#N)cccn3c2NCC2CCCO2)cc1. The lowest BCUT2D eigenvalue weighted by atomic mass is 10.1. The molecule has 10 heteroatoms. The maximum absolute atomic E-state index is 13.2. The van der Waals surface area contributed by atoms with Crippen molar-refractivity contribution in [2.24, 2.45) is 0 Å². The molecule has 4 rings (SSSR count). The molecule has 0 radical (unpaired) electrons. The number of nitrogens with zero attached hydrogens (tertiary/aromatic N) is 3. The second-order valence-electron chi connectivity index (χ2n) is 8.66. The van der Waals surface area contributed by atoms with Crippen LogP contribution >= 0.6 is 0 Å². The molecule has 3 aromatic rings. The van der Waals surface area contributed by atoms with Crippen LogP contribution in [0.1, 0.15) is 36.5 Å². The summed E-state index contributed by atoms with van der Waals surface area (Å²) in [7, 11) is 1.87. The van der Waals surface area contributed by atoms with Gasteiger partial charge in [-0.25, -0.2) is 4.98 Å². The van der Waals surface area contributed by atoms with Crippen molar-refractivity contribution in [3.8, 4) is 17.3 Å². The fourth-order valence-corrected chi connectivity index (χ4v) is 4.16. The molecule has 0 aliphatic carbocycles. The van der Waals surface area contributed by atoms with E-state index in [1.165, 1.54) is 0 Å². The zero-order chi connectivity index (χ0) is 25.5. The third-order valence-corrected chi connectivity index (χ3v) is 6.14. The Labute approximate surface area is 210 Å². The van der Waals surface area contributed by atoms with Crippen molar-refractivity contribution in [1.82, 2.24) is 20.0 Å². The van der Waals surface area contributed by atoms with Gasteiger partial charge in [-0.2, -0.15) is 5.26 Å². The first-order valence-electron chi connectivity index (χ1n) is 12.1. The first-order valence-corrected chi connectivity index (χ1v) is 12.1. The highest BCUT2D eigenvalue weighted by atomic mass is 16.5. The minimum Gasteiger partial charge on any atom is -0.388 e. The van der Waals surface area contributed by atoms with Crippen LogP contribution < -0.4 is 21.3 Å². The van der Waals surface area contributed by atoms with Crippen molar-refractivity contribution in [3.63, 3.8) is 0 Å². The van der Waals surface area contributed by atoms with E-state index in [0.717, 1.165) is 42.2 Å². The standard InChI is InChI=1S/C26H31N7O3/c1-17(25(34)29-13-5-12-27)31-26(35)21-7-3-14-33-23(21)32-22(18-8-10-19(28-2)11-9-18)24(33)30-16-20-6-4-15-36-20/h3,7-11,14,17,20,28,30H,4-6,13,15-16H2,1-2H3,(H,29,34)(H,31,35). The first kappa shape index (κ1) is 25.0. The lowest BCUT2D eigenvalue weighted by Gasteiger charge is -2.15. The van der Waals surface area contributed by atoms with Crippen molar-refractivity contribution < 1.29 is 14.3 Å². The molecular weight excluding hydrogens is 458 g/mol. The summed E-state index contributed by atoms with van der Waals surface area (Å²) in [6.07, 6.45) is 4.24. The lowest BCUT2D eigenvalue weighted by Crippen LogP contribution is -2.45. The number of benzene rings is 1. The molecule has 1 aliphatic rings. The van der Waals surface area contributed by atoms with Gasteiger partial charge in [-0.1, -0.05) is 12.1 Å². The summed E-state index contributed by atoms with van der Waals surface area (Å²) in [5.74, 6) is 0.0177. The Morgan fingerprint density at radius 1 is 1.28 bits per heavy atom. The van der Waals surface area contributed by atoms with Gasteiger partial charge in [0.1, 0.15) is 17.6 Å². The second kappa shape index (κ2) is 11.6. The van der Waals surface area contributed by atoms with Crippen molar-refractivity contribution in [1.29, 1.82) is 5.26 Å². The van der Waals surface area contributed by atoms with Gasteiger partial charge < -0.3 is 26.0 Å². The van der Waals surface area contributed by atoms with Gasteiger partial charge in [0.15, 0.2) is 5.65 Å². The largest absolute Gasteiger partial charge is 0.388 e. The van der Waals surface area contributed by atoms with Crippen LogP contribution in [0.15, 0.2) is 42.6 Å². The summed E-state index contributed by atoms with van der Waals surface area (Å²) in [5, 5.41) is 20.6. The molecule has 36 heavy (non-hydrogen) atoms. The van der Waals surface area contributed by atoms with Crippen molar-refractivity contribution in [2.45, 2.75) is 38.3 Å². The summed E-state index contributed by atoms with van der Waals surface area (Å²) >= 11 is 0. The molecule has 2 amide bonds. The summed E-state index contributed by atoms with van der Waals surface area (Å²) in [5.41, 5.74) is 3.45. The van der Waals surface area contributed by atoms with E-state index in [4.69, 9.17) is 15.0 Å². The number of anilines is 2. The fourth-order valence-electron chi connectivity index (χ4n) is 4.16. The van der Waals surface area contributed by atoms with E-state index in [2.05, 4.69) is 21.3 Å².